The van der Waals surface area contributed by atoms with Gasteiger partial charge in [-0.1, -0.05) is 6.07 Å². The molecule has 1 aromatic rings. The number of aliphatic hydroxyl groups is 1. The van der Waals surface area contributed by atoms with Crippen molar-refractivity contribution in [1.82, 2.24) is 0 Å². The molecular weight excluding hydrogens is 231 g/mol. The number of aliphatic hydroxyl groups excluding tert-OH is 1. The lowest BCUT2D eigenvalue weighted by Crippen LogP contribution is -2.00. The molecule has 3 nitrogen and oxygen atoms in total. The van der Waals surface area contributed by atoms with Crippen LogP contribution in [0, 0.1) is 5.82 Å². The molecule has 5 heteroatoms. The SMILES string of the molecule is O=C(O)c1ccc(CSCCCO)cc1F. The van der Waals surface area contributed by atoms with Crippen molar-refractivity contribution in [1.29, 1.82) is 0 Å². The van der Waals surface area contributed by atoms with Gasteiger partial charge in [0.25, 0.3) is 0 Å². The van der Waals surface area contributed by atoms with Crippen molar-refractivity contribution in [3.05, 3.63) is 35.1 Å². The molecule has 0 unspecified atom stereocenters. The van der Waals surface area contributed by atoms with Crippen LogP contribution >= 0.6 is 11.8 Å². The van der Waals surface area contributed by atoms with Crippen LogP contribution in [0.15, 0.2) is 18.2 Å². The van der Waals surface area contributed by atoms with Gasteiger partial charge in [0.05, 0.1) is 5.56 Å². The van der Waals surface area contributed by atoms with Crippen molar-refractivity contribution in [3.63, 3.8) is 0 Å². The van der Waals surface area contributed by atoms with Crippen LogP contribution in [0.2, 0.25) is 0 Å². The molecule has 0 amide bonds. The van der Waals surface area contributed by atoms with E-state index in [1.165, 1.54) is 12.1 Å². The molecule has 0 fully saturated rings. The van der Waals surface area contributed by atoms with Crippen LogP contribution in [0.5, 0.6) is 0 Å². The fraction of sp³-hybridized carbons (Fsp3) is 0.364. The summed E-state index contributed by atoms with van der Waals surface area (Å²) in [6, 6.07) is 4.13. The van der Waals surface area contributed by atoms with E-state index >= 15 is 0 Å². The van der Waals surface area contributed by atoms with Gasteiger partial charge < -0.3 is 10.2 Å². The third kappa shape index (κ3) is 3.83. The van der Waals surface area contributed by atoms with Gasteiger partial charge in [0.15, 0.2) is 0 Å². The normalized spacial score (nSPS) is 10.4. The largest absolute Gasteiger partial charge is 0.478 e. The first kappa shape index (κ1) is 13.0. The minimum Gasteiger partial charge on any atom is -0.478 e. The molecule has 0 spiro atoms. The summed E-state index contributed by atoms with van der Waals surface area (Å²) in [5.41, 5.74) is 0.453. The van der Waals surface area contributed by atoms with Gasteiger partial charge in [0, 0.05) is 12.4 Å². The summed E-state index contributed by atoms with van der Waals surface area (Å²) in [6.45, 7) is 0.152. The van der Waals surface area contributed by atoms with Crippen LogP contribution < -0.4 is 0 Å². The molecule has 0 saturated carbocycles. The summed E-state index contributed by atoms with van der Waals surface area (Å²) >= 11 is 1.58. The molecule has 1 rings (SSSR count). The molecule has 0 saturated heterocycles. The highest BCUT2D eigenvalue weighted by molar-refractivity contribution is 7.98. The van der Waals surface area contributed by atoms with E-state index in [1.807, 2.05) is 0 Å². The Kier molecular flexibility index (Phi) is 5.28. The molecule has 16 heavy (non-hydrogen) atoms. The predicted molar refractivity (Wildman–Crippen MR) is 61.2 cm³/mol. The number of halogens is 1. The quantitative estimate of drug-likeness (QED) is 0.753. The van der Waals surface area contributed by atoms with Crippen LogP contribution in [-0.4, -0.2) is 28.5 Å². The first-order valence-corrected chi connectivity index (χ1v) is 6.01. The van der Waals surface area contributed by atoms with Crippen LogP contribution in [0.25, 0.3) is 0 Å². The molecule has 0 aromatic heterocycles. The molecule has 0 heterocycles. The lowest BCUT2D eigenvalue weighted by atomic mass is 10.1. The van der Waals surface area contributed by atoms with Gasteiger partial charge in [0.2, 0.25) is 0 Å². The Labute approximate surface area is 97.3 Å². The molecule has 0 aliphatic rings. The van der Waals surface area contributed by atoms with Gasteiger partial charge in [-0.25, -0.2) is 9.18 Å². The van der Waals surface area contributed by atoms with E-state index in [4.69, 9.17) is 10.2 Å². The summed E-state index contributed by atoms with van der Waals surface area (Å²) in [4.78, 5) is 10.6. The number of hydrogen-bond acceptors (Lipinski definition) is 3. The number of aromatic carboxylic acids is 1. The highest BCUT2D eigenvalue weighted by Gasteiger charge is 2.09. The lowest BCUT2D eigenvalue weighted by Gasteiger charge is -2.03. The Morgan fingerprint density at radius 2 is 2.19 bits per heavy atom. The highest BCUT2D eigenvalue weighted by Crippen LogP contribution is 2.16. The maximum absolute atomic E-state index is 13.2. The van der Waals surface area contributed by atoms with Crippen molar-refractivity contribution in [3.8, 4) is 0 Å². The smallest absolute Gasteiger partial charge is 0.338 e. The Balaban J connectivity index is 2.56. The summed E-state index contributed by atoms with van der Waals surface area (Å²) in [5.74, 6) is -0.528. The molecule has 0 bridgehead atoms. The molecule has 0 atom stereocenters. The number of rotatable bonds is 6. The fourth-order valence-corrected chi connectivity index (χ4v) is 2.07. The second kappa shape index (κ2) is 6.50. The number of carboxylic acids is 1. The van der Waals surface area contributed by atoms with Crippen molar-refractivity contribution in [2.75, 3.05) is 12.4 Å². The van der Waals surface area contributed by atoms with E-state index in [0.717, 1.165) is 11.3 Å². The molecule has 2 N–H and O–H groups in total. The zero-order chi connectivity index (χ0) is 12.0. The van der Waals surface area contributed by atoms with Gasteiger partial charge >= 0.3 is 5.97 Å². The van der Waals surface area contributed by atoms with E-state index in [2.05, 4.69) is 0 Å². The molecule has 1 aromatic carbocycles. The summed E-state index contributed by atoms with van der Waals surface area (Å²) < 4.78 is 13.2. The summed E-state index contributed by atoms with van der Waals surface area (Å²) in [5, 5.41) is 17.2. The maximum Gasteiger partial charge on any atom is 0.338 e. The maximum atomic E-state index is 13.2. The topological polar surface area (TPSA) is 57.5 Å². The number of thioether (sulfide) groups is 1. The van der Waals surface area contributed by atoms with Gasteiger partial charge in [0.1, 0.15) is 5.82 Å². The highest BCUT2D eigenvalue weighted by atomic mass is 32.2. The van der Waals surface area contributed by atoms with E-state index in [1.54, 1.807) is 17.8 Å². The van der Waals surface area contributed by atoms with Gasteiger partial charge in [-0.15, -0.1) is 0 Å². The van der Waals surface area contributed by atoms with Crippen LogP contribution in [0.1, 0.15) is 22.3 Å². The molecule has 0 aliphatic heterocycles. The zero-order valence-electron chi connectivity index (χ0n) is 8.65. The third-order valence-corrected chi connectivity index (χ3v) is 3.09. The Bertz CT molecular complexity index is 368. The predicted octanol–water partition coefficient (Wildman–Crippen LogP) is 2.14. The van der Waals surface area contributed by atoms with Gasteiger partial charge in [-0.3, -0.25) is 0 Å². The molecule has 0 aliphatic carbocycles. The molecule has 88 valence electrons. The number of carboxylic acid groups (broad SMARTS) is 1. The fourth-order valence-electron chi connectivity index (χ4n) is 1.18. The molecular formula is C11H13FO3S. The minimum absolute atomic E-state index is 0.152. The first-order chi connectivity index (χ1) is 7.65. The zero-order valence-corrected chi connectivity index (χ0v) is 9.47. The van der Waals surface area contributed by atoms with E-state index in [9.17, 15) is 9.18 Å². The van der Waals surface area contributed by atoms with Gasteiger partial charge in [-0.05, 0) is 29.9 Å². The average Bonchev–Trinajstić information content (AvgIpc) is 2.24. The first-order valence-electron chi connectivity index (χ1n) is 4.85. The van der Waals surface area contributed by atoms with Crippen molar-refractivity contribution in [2.24, 2.45) is 0 Å². The van der Waals surface area contributed by atoms with Gasteiger partial charge in [-0.2, -0.15) is 11.8 Å². The standard InChI is InChI=1S/C11H13FO3S/c12-10-6-8(7-16-5-1-4-13)2-3-9(10)11(14)15/h2-3,6,13H,1,4-5,7H2,(H,14,15). The number of hydrogen-bond donors (Lipinski definition) is 2. The van der Waals surface area contributed by atoms with Crippen molar-refractivity contribution in [2.45, 2.75) is 12.2 Å². The Hall–Kier alpha value is -1.07. The number of carbonyl (C=O) groups is 1. The third-order valence-electron chi connectivity index (χ3n) is 1.98. The van der Waals surface area contributed by atoms with E-state index < -0.39 is 11.8 Å². The Morgan fingerprint density at radius 3 is 2.75 bits per heavy atom. The molecule has 0 radical (unpaired) electrons. The minimum atomic E-state index is -1.25. The van der Waals surface area contributed by atoms with E-state index in [0.29, 0.717) is 12.2 Å². The Morgan fingerprint density at radius 1 is 1.44 bits per heavy atom. The van der Waals surface area contributed by atoms with Crippen molar-refractivity contribution < 1.29 is 19.4 Å². The van der Waals surface area contributed by atoms with Crippen molar-refractivity contribution >= 4 is 17.7 Å². The summed E-state index contributed by atoms with van der Waals surface area (Å²) in [7, 11) is 0. The van der Waals surface area contributed by atoms with Crippen LogP contribution in [-0.2, 0) is 5.75 Å². The second-order valence-electron chi connectivity index (χ2n) is 3.25. The summed E-state index contributed by atoms with van der Waals surface area (Å²) in [6.07, 6.45) is 0.709. The second-order valence-corrected chi connectivity index (χ2v) is 4.35. The number of benzene rings is 1. The lowest BCUT2D eigenvalue weighted by molar-refractivity contribution is 0.0692. The van der Waals surface area contributed by atoms with Crippen LogP contribution in [0.3, 0.4) is 0 Å². The van der Waals surface area contributed by atoms with Crippen LogP contribution in [0.4, 0.5) is 4.39 Å². The monoisotopic (exact) mass is 244 g/mol. The van der Waals surface area contributed by atoms with E-state index in [-0.39, 0.29) is 12.2 Å². The average molecular weight is 244 g/mol.